The Morgan fingerprint density at radius 2 is 2.30 bits per heavy atom. The zero-order chi connectivity index (χ0) is 14.7. The van der Waals surface area contributed by atoms with Gasteiger partial charge in [-0.1, -0.05) is 28.1 Å². The summed E-state index contributed by atoms with van der Waals surface area (Å²) in [5.74, 6) is -0.190. The number of alkyl halides is 1. The van der Waals surface area contributed by atoms with Crippen LogP contribution < -0.4 is 5.32 Å². The molecule has 6 nitrogen and oxygen atoms in total. The molecule has 0 aliphatic heterocycles. The first kappa shape index (κ1) is 14.6. The maximum atomic E-state index is 11.5. The van der Waals surface area contributed by atoms with Crippen molar-refractivity contribution >= 4 is 44.0 Å². The van der Waals surface area contributed by atoms with Gasteiger partial charge < -0.3 is 5.32 Å². The van der Waals surface area contributed by atoms with Crippen molar-refractivity contribution in [1.29, 1.82) is 0 Å². The van der Waals surface area contributed by atoms with Crippen molar-refractivity contribution in [2.24, 2.45) is 0 Å². The summed E-state index contributed by atoms with van der Waals surface area (Å²) in [4.78, 5) is 25.7. The average molecular weight is 356 g/mol. The Hall–Kier alpha value is -1.80. The van der Waals surface area contributed by atoms with Gasteiger partial charge in [0.05, 0.1) is 15.4 Å². The summed E-state index contributed by atoms with van der Waals surface area (Å²) >= 11 is 4.43. The molecular formula is C12H10BrN3O3S. The number of nitro benzene ring substituents is 1. The van der Waals surface area contributed by atoms with Crippen LogP contribution in [0.15, 0.2) is 29.6 Å². The van der Waals surface area contributed by atoms with E-state index in [0.29, 0.717) is 16.4 Å². The lowest BCUT2D eigenvalue weighted by Crippen LogP contribution is -2.19. The highest BCUT2D eigenvalue weighted by Crippen LogP contribution is 2.27. The van der Waals surface area contributed by atoms with E-state index in [0.717, 1.165) is 0 Å². The molecule has 0 aliphatic rings. The normalized spacial score (nSPS) is 11.9. The van der Waals surface area contributed by atoms with Gasteiger partial charge in [-0.05, 0) is 6.92 Å². The Morgan fingerprint density at radius 3 is 2.95 bits per heavy atom. The van der Waals surface area contributed by atoms with Crippen molar-refractivity contribution < 1.29 is 9.72 Å². The molecule has 2 rings (SSSR count). The molecule has 0 spiro atoms. The molecule has 20 heavy (non-hydrogen) atoms. The molecule has 1 aromatic heterocycles. The molecule has 104 valence electrons. The minimum absolute atomic E-state index is 0.00941. The lowest BCUT2D eigenvalue weighted by Gasteiger charge is -2.02. The van der Waals surface area contributed by atoms with E-state index in [1.807, 2.05) is 0 Å². The first-order valence-electron chi connectivity index (χ1n) is 5.62. The van der Waals surface area contributed by atoms with Gasteiger partial charge in [-0.25, -0.2) is 4.98 Å². The monoisotopic (exact) mass is 355 g/mol. The van der Waals surface area contributed by atoms with Gasteiger partial charge in [-0.3, -0.25) is 14.9 Å². The largest absolute Gasteiger partial charge is 0.301 e. The lowest BCUT2D eigenvalue weighted by molar-refractivity contribution is -0.384. The number of non-ortho nitro benzene ring substituents is 1. The number of thiazole rings is 1. The van der Waals surface area contributed by atoms with Crippen LogP contribution in [-0.4, -0.2) is 20.6 Å². The summed E-state index contributed by atoms with van der Waals surface area (Å²) in [6.45, 7) is 1.71. The molecule has 0 bridgehead atoms. The summed E-state index contributed by atoms with van der Waals surface area (Å²) in [5.41, 5.74) is 1.24. The molecule has 1 atom stereocenters. The topological polar surface area (TPSA) is 85.1 Å². The minimum atomic E-state index is -0.453. The fraction of sp³-hybridized carbons (Fsp3) is 0.167. The number of nitro groups is 1. The van der Waals surface area contributed by atoms with Crippen molar-refractivity contribution in [2.45, 2.75) is 11.8 Å². The predicted molar refractivity (Wildman–Crippen MR) is 81.2 cm³/mol. The third-order valence-electron chi connectivity index (χ3n) is 2.45. The maximum Gasteiger partial charge on any atom is 0.270 e. The van der Waals surface area contributed by atoms with Crippen LogP contribution in [0.25, 0.3) is 11.3 Å². The highest BCUT2D eigenvalue weighted by Gasteiger charge is 2.13. The molecule has 0 fully saturated rings. The number of aromatic nitrogens is 1. The fourth-order valence-electron chi connectivity index (χ4n) is 1.45. The Bertz CT molecular complexity index is 657. The average Bonchev–Trinajstić information content (AvgIpc) is 2.87. The van der Waals surface area contributed by atoms with E-state index in [1.54, 1.807) is 24.4 Å². The van der Waals surface area contributed by atoms with Gasteiger partial charge in [0, 0.05) is 23.1 Å². The standard InChI is InChI=1S/C12H10BrN3O3S/c1-7(13)11(17)15-12-14-10(6-20-12)8-3-2-4-9(5-8)16(18)19/h2-7H,1H3,(H,14,15,17). The van der Waals surface area contributed by atoms with Crippen LogP contribution in [0, 0.1) is 10.1 Å². The van der Waals surface area contributed by atoms with Crippen molar-refractivity contribution in [2.75, 3.05) is 5.32 Å². The summed E-state index contributed by atoms with van der Waals surface area (Å²) < 4.78 is 0. The molecule has 0 radical (unpaired) electrons. The maximum absolute atomic E-state index is 11.5. The molecule has 0 saturated heterocycles. The van der Waals surface area contributed by atoms with Crippen molar-refractivity contribution in [3.05, 3.63) is 39.8 Å². The van der Waals surface area contributed by atoms with Gasteiger partial charge in [-0.2, -0.15) is 0 Å². The zero-order valence-electron chi connectivity index (χ0n) is 10.4. The van der Waals surface area contributed by atoms with E-state index < -0.39 is 4.92 Å². The van der Waals surface area contributed by atoms with E-state index in [4.69, 9.17) is 0 Å². The van der Waals surface area contributed by atoms with Crippen LogP contribution in [0.2, 0.25) is 0 Å². The van der Waals surface area contributed by atoms with E-state index >= 15 is 0 Å². The Balaban J connectivity index is 2.22. The lowest BCUT2D eigenvalue weighted by atomic mass is 10.1. The van der Waals surface area contributed by atoms with Crippen molar-refractivity contribution in [3.63, 3.8) is 0 Å². The van der Waals surface area contributed by atoms with Gasteiger partial charge in [0.25, 0.3) is 5.69 Å². The predicted octanol–water partition coefficient (Wildman–Crippen LogP) is 3.44. The molecule has 1 unspecified atom stereocenters. The van der Waals surface area contributed by atoms with Gasteiger partial charge >= 0.3 is 0 Å². The summed E-state index contributed by atoms with van der Waals surface area (Å²) in [7, 11) is 0. The van der Waals surface area contributed by atoms with E-state index in [-0.39, 0.29) is 16.4 Å². The number of amides is 1. The third kappa shape index (κ3) is 3.40. The molecule has 0 aliphatic carbocycles. The van der Waals surface area contributed by atoms with Crippen LogP contribution in [0.5, 0.6) is 0 Å². The number of halogens is 1. The molecule has 1 heterocycles. The number of carbonyl (C=O) groups excluding carboxylic acids is 1. The van der Waals surface area contributed by atoms with Crippen LogP contribution in [0.4, 0.5) is 10.8 Å². The highest BCUT2D eigenvalue weighted by atomic mass is 79.9. The fourth-order valence-corrected chi connectivity index (χ4v) is 2.28. The zero-order valence-corrected chi connectivity index (χ0v) is 12.8. The highest BCUT2D eigenvalue weighted by molar-refractivity contribution is 9.10. The van der Waals surface area contributed by atoms with Gasteiger partial charge in [0.15, 0.2) is 5.13 Å². The van der Waals surface area contributed by atoms with Crippen molar-refractivity contribution in [1.82, 2.24) is 4.98 Å². The summed E-state index contributed by atoms with van der Waals surface area (Å²) in [6.07, 6.45) is 0. The smallest absolute Gasteiger partial charge is 0.270 e. The second-order valence-corrected chi connectivity index (χ2v) is 6.18. The number of nitrogens with zero attached hydrogens (tertiary/aromatic N) is 2. The SMILES string of the molecule is CC(Br)C(=O)Nc1nc(-c2cccc([N+](=O)[O-])c2)cs1. The molecular weight excluding hydrogens is 346 g/mol. The van der Waals surface area contributed by atoms with Crippen LogP contribution >= 0.6 is 27.3 Å². The van der Waals surface area contributed by atoms with Gasteiger partial charge in [0.2, 0.25) is 5.91 Å². The summed E-state index contributed by atoms with van der Waals surface area (Å²) in [6, 6.07) is 6.21. The van der Waals surface area contributed by atoms with Crippen LogP contribution in [-0.2, 0) is 4.79 Å². The number of anilines is 1. The Labute approximate surface area is 127 Å². The number of rotatable bonds is 4. The van der Waals surface area contributed by atoms with Crippen molar-refractivity contribution in [3.8, 4) is 11.3 Å². The van der Waals surface area contributed by atoms with E-state index in [1.165, 1.54) is 23.5 Å². The molecule has 1 N–H and O–H groups in total. The van der Waals surface area contributed by atoms with Crippen LogP contribution in [0.3, 0.4) is 0 Å². The van der Waals surface area contributed by atoms with Crippen LogP contribution in [0.1, 0.15) is 6.92 Å². The van der Waals surface area contributed by atoms with E-state index in [2.05, 4.69) is 26.2 Å². The molecule has 2 aromatic rings. The first-order valence-corrected chi connectivity index (χ1v) is 7.42. The minimum Gasteiger partial charge on any atom is -0.301 e. The summed E-state index contributed by atoms with van der Waals surface area (Å²) in [5, 5.41) is 15.6. The third-order valence-corrected chi connectivity index (χ3v) is 3.62. The van der Waals surface area contributed by atoms with E-state index in [9.17, 15) is 14.9 Å². The number of hydrogen-bond donors (Lipinski definition) is 1. The Kier molecular flexibility index (Phi) is 4.46. The molecule has 0 saturated carbocycles. The number of nitrogens with one attached hydrogen (secondary N) is 1. The van der Waals surface area contributed by atoms with Gasteiger partial charge in [0.1, 0.15) is 0 Å². The molecule has 8 heteroatoms. The molecule has 1 amide bonds. The molecule has 1 aromatic carbocycles. The first-order chi connectivity index (χ1) is 9.47. The second kappa shape index (κ2) is 6.10. The van der Waals surface area contributed by atoms with Gasteiger partial charge in [-0.15, -0.1) is 11.3 Å². The Morgan fingerprint density at radius 1 is 1.55 bits per heavy atom. The number of benzene rings is 1. The quantitative estimate of drug-likeness (QED) is 0.517. The number of hydrogen-bond acceptors (Lipinski definition) is 5. The number of carbonyl (C=O) groups is 1. The second-order valence-electron chi connectivity index (χ2n) is 3.95.